The van der Waals surface area contributed by atoms with Crippen molar-refractivity contribution in [2.24, 2.45) is 0 Å². The van der Waals surface area contributed by atoms with Gasteiger partial charge in [0.25, 0.3) is 0 Å². The van der Waals surface area contributed by atoms with Gasteiger partial charge in [0.15, 0.2) is 6.10 Å². The van der Waals surface area contributed by atoms with E-state index >= 15 is 0 Å². The third-order valence-corrected chi connectivity index (χ3v) is 12.7. The molecule has 0 aromatic carbocycles. The highest BCUT2D eigenvalue weighted by atomic mass is 16.6. The number of aliphatic carboxylic acids is 1. The first-order chi connectivity index (χ1) is 33.1. The first kappa shape index (κ1) is 65.0. The summed E-state index contributed by atoms with van der Waals surface area (Å²) in [6, 6.07) is -0.734. The van der Waals surface area contributed by atoms with Crippen LogP contribution in [0.1, 0.15) is 251 Å². The molecule has 2 unspecified atom stereocenters. The van der Waals surface area contributed by atoms with Crippen LogP contribution >= 0.6 is 0 Å². The molecule has 68 heavy (non-hydrogen) atoms. The van der Waals surface area contributed by atoms with E-state index in [0.717, 1.165) is 57.8 Å². The monoisotopic (exact) mass is 954 g/mol. The number of rotatable bonds is 51. The van der Waals surface area contributed by atoms with E-state index in [9.17, 15) is 19.5 Å². The first-order valence-electron chi connectivity index (χ1n) is 28.3. The maximum atomic E-state index is 12.8. The minimum Gasteiger partial charge on any atom is -0.544 e. The lowest BCUT2D eigenvalue weighted by Crippen LogP contribution is -2.55. The Balaban J connectivity index is 4.24. The van der Waals surface area contributed by atoms with Crippen molar-refractivity contribution in [1.29, 1.82) is 0 Å². The van der Waals surface area contributed by atoms with Gasteiger partial charge in [0.2, 0.25) is 0 Å². The quantitative estimate of drug-likeness (QED) is 0.0259. The smallest absolute Gasteiger partial charge is 0.306 e. The van der Waals surface area contributed by atoms with Crippen molar-refractivity contribution in [3.63, 3.8) is 0 Å². The summed E-state index contributed by atoms with van der Waals surface area (Å²) in [6.07, 6.45) is 64.1. The molecule has 0 spiro atoms. The first-order valence-corrected chi connectivity index (χ1v) is 28.3. The average Bonchev–Trinajstić information content (AvgIpc) is 3.30. The van der Waals surface area contributed by atoms with Gasteiger partial charge in [-0.05, 0) is 64.2 Å². The van der Waals surface area contributed by atoms with E-state index in [1.807, 2.05) is 0 Å². The molecule has 0 bridgehead atoms. The fourth-order valence-corrected chi connectivity index (χ4v) is 8.27. The molecule has 8 heteroatoms. The van der Waals surface area contributed by atoms with Crippen LogP contribution in [0.5, 0.6) is 0 Å². The Morgan fingerprint density at radius 2 is 0.779 bits per heavy atom. The number of ether oxygens (including phenoxy) is 3. The number of carboxylic acid groups (broad SMARTS) is 1. The van der Waals surface area contributed by atoms with Crippen molar-refractivity contribution >= 4 is 17.9 Å². The lowest BCUT2D eigenvalue weighted by atomic mass is 10.0. The number of carboxylic acids is 1. The van der Waals surface area contributed by atoms with Gasteiger partial charge in [-0.25, -0.2) is 0 Å². The molecule has 0 saturated heterocycles. The van der Waals surface area contributed by atoms with E-state index < -0.39 is 18.1 Å². The van der Waals surface area contributed by atoms with Gasteiger partial charge in [0.05, 0.1) is 40.3 Å². The molecule has 0 radical (unpaired) electrons. The Bertz CT molecular complexity index is 1290. The summed E-state index contributed by atoms with van der Waals surface area (Å²) in [4.78, 5) is 37.1. The SMILES string of the molecule is CCCCC/C=C/C/C=C/C/C=C/C/C=C/C/C=C/CCCCC(=O)OCC(COCCC(C(=O)[O-])[N+](C)(C)C)OC(=O)CCCCCCCCCCCCCCCCCCCCCCCCC. The fourth-order valence-electron chi connectivity index (χ4n) is 8.27. The molecule has 0 fully saturated rings. The minimum atomic E-state index is -1.13. The third kappa shape index (κ3) is 48.1. The predicted molar refractivity (Wildman–Crippen MR) is 286 cm³/mol. The van der Waals surface area contributed by atoms with Crippen molar-refractivity contribution in [1.82, 2.24) is 0 Å². The van der Waals surface area contributed by atoms with Crippen LogP contribution in [0, 0.1) is 0 Å². The number of quaternary nitrogens is 1. The van der Waals surface area contributed by atoms with Crippen molar-refractivity contribution in [3.05, 3.63) is 60.8 Å². The second kappa shape index (κ2) is 50.4. The summed E-state index contributed by atoms with van der Waals surface area (Å²) < 4.78 is 17.2. The normalized spacial score (nSPS) is 13.2. The van der Waals surface area contributed by atoms with Crippen LogP contribution in [-0.2, 0) is 28.6 Å². The second-order valence-electron chi connectivity index (χ2n) is 20.2. The summed E-state index contributed by atoms with van der Waals surface area (Å²) in [5, 5.41) is 11.7. The molecular weight excluding hydrogens is 847 g/mol. The Hall–Kier alpha value is -2.97. The molecule has 0 rings (SSSR count). The highest BCUT2D eigenvalue weighted by molar-refractivity contribution is 5.70. The van der Waals surface area contributed by atoms with Gasteiger partial charge in [-0.15, -0.1) is 0 Å². The van der Waals surface area contributed by atoms with Gasteiger partial charge in [-0.2, -0.15) is 0 Å². The standard InChI is InChI=1S/C60H107NO7/c1-6-8-10-12-14-16-18-20-22-24-26-28-29-31-33-35-37-39-41-43-45-47-49-51-59(63)68-56(54-66-53-52-57(60(64)65)61(3,4)5)55-67-58(62)50-48-46-44-42-40-38-36-34-32-30-27-25-23-21-19-17-15-13-11-9-7-2/h15,17,21,23,27,30,34,36,40,42,56-57H,6-14,16,18-20,22,24-26,28-29,31-33,35,37-39,41,43-55H2,1-5H3/b17-15+,23-21+,30-27+,36-34+,42-40+. The molecular formula is C60H107NO7. The van der Waals surface area contributed by atoms with Crippen LogP contribution in [0.15, 0.2) is 60.8 Å². The molecule has 0 amide bonds. The van der Waals surface area contributed by atoms with Gasteiger partial charge in [0, 0.05) is 19.3 Å². The van der Waals surface area contributed by atoms with E-state index in [0.29, 0.717) is 19.3 Å². The summed E-state index contributed by atoms with van der Waals surface area (Å²) in [6.45, 7) is 4.62. The number of nitrogens with zero attached hydrogens (tertiary/aromatic N) is 1. The second-order valence-corrected chi connectivity index (χ2v) is 20.2. The molecule has 0 aliphatic carbocycles. The number of esters is 2. The largest absolute Gasteiger partial charge is 0.544 e. The zero-order chi connectivity index (χ0) is 49.9. The number of likely N-dealkylation sites (N-methyl/N-ethyl adjacent to an activating group) is 1. The average molecular weight is 955 g/mol. The van der Waals surface area contributed by atoms with Gasteiger partial charge in [0.1, 0.15) is 12.6 Å². The summed E-state index contributed by atoms with van der Waals surface area (Å²) in [5.41, 5.74) is 0. The molecule has 0 aliphatic rings. The molecule has 0 aromatic rings. The van der Waals surface area contributed by atoms with E-state index in [4.69, 9.17) is 14.2 Å². The van der Waals surface area contributed by atoms with Crippen molar-refractivity contribution in [3.8, 4) is 0 Å². The maximum Gasteiger partial charge on any atom is 0.306 e. The molecule has 0 saturated carbocycles. The maximum absolute atomic E-state index is 12.8. The topological polar surface area (TPSA) is 102 Å². The third-order valence-electron chi connectivity index (χ3n) is 12.7. The number of carbonyl (C=O) groups is 3. The van der Waals surface area contributed by atoms with Crippen LogP contribution in [0.2, 0.25) is 0 Å². The molecule has 0 N–H and O–H groups in total. The Morgan fingerprint density at radius 1 is 0.441 bits per heavy atom. The number of allylic oxidation sites excluding steroid dienone is 10. The van der Waals surface area contributed by atoms with Gasteiger partial charge in [-0.1, -0.05) is 229 Å². The molecule has 0 aromatic heterocycles. The molecule has 0 heterocycles. The Morgan fingerprint density at radius 3 is 1.18 bits per heavy atom. The van der Waals surface area contributed by atoms with E-state index in [2.05, 4.69) is 74.6 Å². The van der Waals surface area contributed by atoms with Gasteiger partial charge in [-0.3, -0.25) is 9.59 Å². The Kier molecular flexibility index (Phi) is 48.2. The molecule has 8 nitrogen and oxygen atoms in total. The lowest BCUT2D eigenvalue weighted by Gasteiger charge is -2.34. The molecule has 2 atom stereocenters. The fraction of sp³-hybridized carbons (Fsp3) is 0.783. The molecule has 0 aliphatic heterocycles. The summed E-state index contributed by atoms with van der Waals surface area (Å²) in [7, 11) is 5.41. The highest BCUT2D eigenvalue weighted by Crippen LogP contribution is 2.17. The molecule has 394 valence electrons. The number of carbonyl (C=O) groups excluding carboxylic acids is 3. The van der Waals surface area contributed by atoms with Crippen LogP contribution in [0.25, 0.3) is 0 Å². The van der Waals surface area contributed by atoms with E-state index in [-0.39, 0.29) is 42.7 Å². The zero-order valence-electron chi connectivity index (χ0n) is 45.0. The number of hydrogen-bond acceptors (Lipinski definition) is 7. The zero-order valence-corrected chi connectivity index (χ0v) is 45.0. The van der Waals surface area contributed by atoms with Crippen molar-refractivity contribution in [2.45, 2.75) is 264 Å². The lowest BCUT2D eigenvalue weighted by molar-refractivity contribution is -0.889. The van der Waals surface area contributed by atoms with Crippen LogP contribution < -0.4 is 5.11 Å². The van der Waals surface area contributed by atoms with Gasteiger partial charge >= 0.3 is 11.9 Å². The highest BCUT2D eigenvalue weighted by Gasteiger charge is 2.25. The van der Waals surface area contributed by atoms with Crippen molar-refractivity contribution < 1.29 is 38.2 Å². The summed E-state index contributed by atoms with van der Waals surface area (Å²) in [5.74, 6) is -1.78. The van der Waals surface area contributed by atoms with Gasteiger partial charge < -0.3 is 28.6 Å². The number of unbranched alkanes of at least 4 members (excludes halogenated alkanes) is 27. The summed E-state index contributed by atoms with van der Waals surface area (Å²) >= 11 is 0. The van der Waals surface area contributed by atoms with Crippen LogP contribution in [0.3, 0.4) is 0 Å². The minimum absolute atomic E-state index is 0.0273. The van der Waals surface area contributed by atoms with Crippen LogP contribution in [0.4, 0.5) is 0 Å². The van der Waals surface area contributed by atoms with Crippen LogP contribution in [-0.4, -0.2) is 75.5 Å². The number of hydrogen-bond donors (Lipinski definition) is 0. The Labute approximate surface area is 419 Å². The van der Waals surface area contributed by atoms with Crippen molar-refractivity contribution in [2.75, 3.05) is 41.0 Å². The predicted octanol–water partition coefficient (Wildman–Crippen LogP) is 15.5. The van der Waals surface area contributed by atoms with E-state index in [1.54, 1.807) is 21.1 Å². The van der Waals surface area contributed by atoms with E-state index in [1.165, 1.54) is 154 Å².